The van der Waals surface area contributed by atoms with Crippen LogP contribution in [0.4, 0.5) is 0 Å². The number of halogens is 1. The first kappa shape index (κ1) is 19.3. The number of carboxylic acids is 2. The SMILES string of the molecule is N[C@@H](C[C@H](CCCNC(=O)c1ccnc([125I])c1)C(=O)O)C(=O)O. The van der Waals surface area contributed by atoms with Crippen molar-refractivity contribution < 1.29 is 24.6 Å². The molecule has 0 unspecified atom stereocenters. The zero-order valence-corrected chi connectivity index (χ0v) is 14.4. The van der Waals surface area contributed by atoms with E-state index in [0.717, 1.165) is 0 Å². The van der Waals surface area contributed by atoms with Crippen LogP contribution in [0.5, 0.6) is 0 Å². The van der Waals surface area contributed by atoms with E-state index in [0.29, 0.717) is 22.2 Å². The third-order valence-corrected chi connectivity index (χ3v) is 3.80. The van der Waals surface area contributed by atoms with Crippen LogP contribution in [0.15, 0.2) is 18.3 Å². The van der Waals surface area contributed by atoms with E-state index in [1.807, 2.05) is 22.6 Å². The molecule has 0 spiro atoms. The van der Waals surface area contributed by atoms with Crippen molar-refractivity contribution >= 4 is 40.4 Å². The van der Waals surface area contributed by atoms with Crippen LogP contribution in [0.25, 0.3) is 0 Å². The summed E-state index contributed by atoms with van der Waals surface area (Å²) in [5.41, 5.74) is 5.84. The van der Waals surface area contributed by atoms with Crippen molar-refractivity contribution in [2.45, 2.75) is 25.3 Å². The zero-order valence-electron chi connectivity index (χ0n) is 12.2. The number of hydrogen-bond acceptors (Lipinski definition) is 5. The molecule has 0 aliphatic rings. The van der Waals surface area contributed by atoms with Crippen molar-refractivity contribution in [1.29, 1.82) is 0 Å². The van der Waals surface area contributed by atoms with Gasteiger partial charge in [0.25, 0.3) is 5.91 Å². The lowest BCUT2D eigenvalue weighted by molar-refractivity contribution is -0.143. The molecule has 0 radical (unpaired) electrons. The van der Waals surface area contributed by atoms with Gasteiger partial charge in [0.1, 0.15) is 9.74 Å². The molecule has 2 atom stereocenters. The molecule has 8 nitrogen and oxygen atoms in total. The van der Waals surface area contributed by atoms with Gasteiger partial charge in [-0.1, -0.05) is 0 Å². The third kappa shape index (κ3) is 6.91. The smallest absolute Gasteiger partial charge is 0.320 e. The van der Waals surface area contributed by atoms with E-state index in [-0.39, 0.29) is 18.7 Å². The van der Waals surface area contributed by atoms with Crippen LogP contribution in [0, 0.1) is 9.62 Å². The fraction of sp³-hybridized carbons (Fsp3) is 0.429. The number of amides is 1. The van der Waals surface area contributed by atoms with Crippen LogP contribution < -0.4 is 11.1 Å². The molecule has 126 valence electrons. The van der Waals surface area contributed by atoms with Crippen LogP contribution in [0.3, 0.4) is 0 Å². The number of aromatic nitrogens is 1. The summed E-state index contributed by atoms with van der Waals surface area (Å²) >= 11 is 2.00. The van der Waals surface area contributed by atoms with Gasteiger partial charge in [-0.25, -0.2) is 0 Å². The minimum Gasteiger partial charge on any atom is -0.481 e. The van der Waals surface area contributed by atoms with Crippen molar-refractivity contribution in [3.05, 3.63) is 27.6 Å². The van der Waals surface area contributed by atoms with Crippen LogP contribution in [-0.2, 0) is 9.59 Å². The van der Waals surface area contributed by atoms with Crippen molar-refractivity contribution in [2.75, 3.05) is 6.54 Å². The predicted molar refractivity (Wildman–Crippen MR) is 89.9 cm³/mol. The summed E-state index contributed by atoms with van der Waals surface area (Å²) in [6.07, 6.45) is 2.05. The van der Waals surface area contributed by atoms with E-state index in [1.54, 1.807) is 12.1 Å². The molecule has 1 amide bonds. The largest absolute Gasteiger partial charge is 0.481 e. The maximum Gasteiger partial charge on any atom is 0.320 e. The molecule has 0 saturated heterocycles. The summed E-state index contributed by atoms with van der Waals surface area (Å²) in [4.78, 5) is 37.7. The first-order valence-electron chi connectivity index (χ1n) is 6.92. The molecule has 0 aliphatic heterocycles. The Morgan fingerprint density at radius 3 is 2.57 bits per heavy atom. The maximum atomic E-state index is 11.9. The molecule has 0 fully saturated rings. The van der Waals surface area contributed by atoms with Crippen molar-refractivity contribution in [3.8, 4) is 0 Å². The minimum atomic E-state index is -1.23. The number of carboxylic acid groups (broad SMARTS) is 2. The molecule has 0 aromatic carbocycles. The first-order chi connectivity index (χ1) is 10.8. The quantitative estimate of drug-likeness (QED) is 0.255. The van der Waals surface area contributed by atoms with Gasteiger partial charge in [-0.05, 0) is 54.0 Å². The normalized spacial score (nSPS) is 13.1. The zero-order chi connectivity index (χ0) is 17.4. The van der Waals surface area contributed by atoms with Crippen LogP contribution in [-0.4, -0.2) is 45.6 Å². The molecule has 1 rings (SSSR count). The predicted octanol–water partition coefficient (Wildman–Crippen LogP) is 0.699. The number of rotatable bonds is 9. The number of aliphatic carboxylic acids is 2. The summed E-state index contributed by atoms with van der Waals surface area (Å²) in [7, 11) is 0. The number of nitrogens with two attached hydrogens (primary N) is 1. The Bertz CT molecular complexity index is 581. The van der Waals surface area contributed by atoms with E-state index >= 15 is 0 Å². The molecule has 9 heteroatoms. The summed E-state index contributed by atoms with van der Waals surface area (Å²) in [6.45, 7) is 0.295. The highest BCUT2D eigenvalue weighted by Gasteiger charge is 2.23. The molecule has 23 heavy (non-hydrogen) atoms. The van der Waals surface area contributed by atoms with Gasteiger partial charge in [-0.2, -0.15) is 0 Å². The maximum absolute atomic E-state index is 11.9. The molecule has 1 aromatic rings. The van der Waals surface area contributed by atoms with E-state index in [4.69, 9.17) is 15.9 Å². The number of hydrogen-bond donors (Lipinski definition) is 4. The van der Waals surface area contributed by atoms with Gasteiger partial charge in [-0.15, -0.1) is 0 Å². The summed E-state index contributed by atoms with van der Waals surface area (Å²) < 4.78 is 0.698. The fourth-order valence-electron chi connectivity index (χ4n) is 1.95. The molecule has 1 aromatic heterocycles. The monoisotopic (exact) mass is 433 g/mol. The van der Waals surface area contributed by atoms with E-state index in [9.17, 15) is 14.4 Å². The van der Waals surface area contributed by atoms with Gasteiger partial charge in [0.15, 0.2) is 0 Å². The lowest BCUT2D eigenvalue weighted by atomic mass is 9.95. The Kier molecular flexibility index (Phi) is 7.89. The molecule has 0 aliphatic carbocycles. The Morgan fingerprint density at radius 2 is 2.00 bits per heavy atom. The Morgan fingerprint density at radius 1 is 1.30 bits per heavy atom. The first-order valence-corrected chi connectivity index (χ1v) is 8.00. The second kappa shape index (κ2) is 9.40. The van der Waals surface area contributed by atoms with E-state index in [2.05, 4.69) is 10.3 Å². The average molecular weight is 433 g/mol. The van der Waals surface area contributed by atoms with Gasteiger partial charge < -0.3 is 21.3 Å². The van der Waals surface area contributed by atoms with Crippen molar-refractivity contribution in [2.24, 2.45) is 11.7 Å². The average Bonchev–Trinajstić information content (AvgIpc) is 2.49. The highest BCUT2D eigenvalue weighted by molar-refractivity contribution is 14.1. The van der Waals surface area contributed by atoms with E-state index in [1.165, 1.54) is 6.20 Å². The van der Waals surface area contributed by atoms with Crippen LogP contribution in [0.2, 0.25) is 0 Å². The molecule has 0 bridgehead atoms. The molecular weight excluding hydrogens is 415 g/mol. The van der Waals surface area contributed by atoms with Crippen molar-refractivity contribution in [1.82, 2.24) is 10.3 Å². The fourth-order valence-corrected chi connectivity index (χ4v) is 2.44. The van der Waals surface area contributed by atoms with Gasteiger partial charge in [0, 0.05) is 18.3 Å². The number of pyridine rings is 1. The summed E-state index contributed by atoms with van der Waals surface area (Å²) in [5.74, 6) is -3.42. The summed E-state index contributed by atoms with van der Waals surface area (Å²) in [6, 6.07) is 2.02. The van der Waals surface area contributed by atoms with Crippen LogP contribution >= 0.6 is 22.6 Å². The third-order valence-electron chi connectivity index (χ3n) is 3.21. The Hall–Kier alpha value is -1.75. The van der Waals surface area contributed by atoms with Gasteiger partial charge in [-0.3, -0.25) is 19.4 Å². The van der Waals surface area contributed by atoms with Gasteiger partial charge in [0.05, 0.1) is 5.92 Å². The van der Waals surface area contributed by atoms with Gasteiger partial charge >= 0.3 is 11.9 Å². The molecular formula is C14H18IN3O5. The number of nitrogens with zero attached hydrogens (tertiary/aromatic N) is 1. The number of carbonyl (C=O) groups excluding carboxylic acids is 1. The topological polar surface area (TPSA) is 143 Å². The lowest BCUT2D eigenvalue weighted by Gasteiger charge is -2.15. The van der Waals surface area contributed by atoms with Gasteiger partial charge in [0.2, 0.25) is 0 Å². The van der Waals surface area contributed by atoms with Crippen molar-refractivity contribution in [3.63, 3.8) is 0 Å². The minimum absolute atomic E-state index is 0.138. The lowest BCUT2D eigenvalue weighted by Crippen LogP contribution is -2.34. The summed E-state index contributed by atoms with van der Waals surface area (Å²) in [5, 5.41) is 20.5. The highest BCUT2D eigenvalue weighted by Crippen LogP contribution is 2.13. The highest BCUT2D eigenvalue weighted by atomic mass is 125. The Labute approximate surface area is 146 Å². The number of nitrogens with one attached hydrogen (secondary N) is 1. The molecule has 1 heterocycles. The molecule has 0 saturated carbocycles. The Balaban J connectivity index is 2.40. The number of carbonyl (C=O) groups is 3. The van der Waals surface area contributed by atoms with E-state index < -0.39 is 23.9 Å². The standard InChI is InChI=1S/C14H18IN3O5/c15-11-7-8(3-5-17-11)12(19)18-4-1-2-9(13(20)21)6-10(16)14(22)23/h3,5,7,9-10H,1-2,4,6,16H2,(H,18,19)(H,20,21)(H,22,23)/t9-,10-/m0/s1/i15-2. The van der Waals surface area contributed by atoms with Crippen LogP contribution in [0.1, 0.15) is 29.6 Å². The second-order valence-electron chi connectivity index (χ2n) is 4.98. The second-order valence-corrected chi connectivity index (χ2v) is 6.09. The molecule has 5 N–H and O–H groups in total.